The first-order valence-corrected chi connectivity index (χ1v) is 10.9. The summed E-state index contributed by atoms with van der Waals surface area (Å²) in [5.41, 5.74) is 2.28. The normalized spacial score (nSPS) is 15.7. The highest BCUT2D eigenvalue weighted by atomic mass is 79.9. The lowest BCUT2D eigenvalue weighted by Crippen LogP contribution is -2.39. The third-order valence-corrected chi connectivity index (χ3v) is 5.64. The summed E-state index contributed by atoms with van der Waals surface area (Å²) in [6.45, 7) is 4.43. The number of hydrogen-bond acceptors (Lipinski definition) is 4. The summed E-state index contributed by atoms with van der Waals surface area (Å²) in [4.78, 5) is 40.9. The Morgan fingerprint density at radius 1 is 1.26 bits per heavy atom. The molecule has 2 aromatic rings. The minimum Gasteiger partial charge on any atom is -0.492 e. The number of carbonyl (C=O) groups is 3. The number of carbonyl (C=O) groups excluding carboxylic acids is 3. The number of amides is 3. The molecule has 0 radical (unpaired) electrons. The molecule has 0 bridgehead atoms. The van der Waals surface area contributed by atoms with Crippen LogP contribution in [0.4, 0.5) is 11.4 Å². The number of ether oxygens (including phenoxy) is 1. The Balaban J connectivity index is 1.62. The zero-order chi connectivity index (χ0) is 22.5. The standard InChI is InChI=1S/C23H26BrN3O4/c1-4-31-20-8-6-5-7-19(20)27-13-16(12-22(27)29)23(30)26(3)14-21(28)25-18-10-9-17(24)11-15(18)2/h5-11,16H,4,12-14H2,1-3H3,(H,25,28). The van der Waals surface area contributed by atoms with Crippen LogP contribution in [0.1, 0.15) is 18.9 Å². The highest BCUT2D eigenvalue weighted by Crippen LogP contribution is 2.33. The van der Waals surface area contributed by atoms with Gasteiger partial charge in [-0.25, -0.2) is 0 Å². The average molecular weight is 488 g/mol. The van der Waals surface area contributed by atoms with Gasteiger partial charge < -0.3 is 19.9 Å². The number of benzene rings is 2. The number of nitrogens with zero attached hydrogens (tertiary/aromatic N) is 2. The Morgan fingerprint density at radius 3 is 2.71 bits per heavy atom. The lowest BCUT2D eigenvalue weighted by molar-refractivity contribution is -0.137. The summed E-state index contributed by atoms with van der Waals surface area (Å²) < 4.78 is 6.55. The lowest BCUT2D eigenvalue weighted by Gasteiger charge is -2.22. The van der Waals surface area contributed by atoms with Gasteiger partial charge in [-0.2, -0.15) is 0 Å². The van der Waals surface area contributed by atoms with E-state index in [1.54, 1.807) is 11.9 Å². The quantitative estimate of drug-likeness (QED) is 0.646. The van der Waals surface area contributed by atoms with Crippen LogP contribution in [0.15, 0.2) is 46.9 Å². The molecule has 1 fully saturated rings. The largest absolute Gasteiger partial charge is 0.492 e. The molecule has 164 valence electrons. The molecule has 1 unspecified atom stereocenters. The Bertz CT molecular complexity index is 995. The van der Waals surface area contributed by atoms with E-state index in [1.807, 2.05) is 56.3 Å². The van der Waals surface area contributed by atoms with Crippen LogP contribution in [0.2, 0.25) is 0 Å². The van der Waals surface area contributed by atoms with Gasteiger partial charge in [-0.3, -0.25) is 14.4 Å². The Hall–Kier alpha value is -2.87. The third-order valence-electron chi connectivity index (χ3n) is 5.15. The molecule has 1 saturated heterocycles. The number of rotatable bonds is 7. The van der Waals surface area contributed by atoms with Gasteiger partial charge in [0.25, 0.3) is 0 Å². The Labute approximate surface area is 190 Å². The highest BCUT2D eigenvalue weighted by molar-refractivity contribution is 9.10. The van der Waals surface area contributed by atoms with Crippen molar-refractivity contribution in [2.24, 2.45) is 5.92 Å². The topological polar surface area (TPSA) is 79.0 Å². The fourth-order valence-electron chi connectivity index (χ4n) is 3.63. The van der Waals surface area contributed by atoms with Crippen molar-refractivity contribution in [1.29, 1.82) is 0 Å². The van der Waals surface area contributed by atoms with Gasteiger partial charge in [0.05, 0.1) is 24.8 Å². The number of likely N-dealkylation sites (N-methyl/N-ethyl adjacent to an activating group) is 1. The number of para-hydroxylation sites is 2. The molecule has 8 heteroatoms. The Kier molecular flexibility index (Phi) is 7.33. The third kappa shape index (κ3) is 5.44. The first-order valence-electron chi connectivity index (χ1n) is 10.1. The fourth-order valence-corrected chi connectivity index (χ4v) is 4.10. The lowest BCUT2D eigenvalue weighted by atomic mass is 10.1. The van der Waals surface area contributed by atoms with Gasteiger partial charge in [-0.15, -0.1) is 0 Å². The molecule has 1 N–H and O–H groups in total. The number of halogens is 1. The van der Waals surface area contributed by atoms with Crippen molar-refractivity contribution >= 4 is 45.0 Å². The number of anilines is 2. The summed E-state index contributed by atoms with van der Waals surface area (Å²) in [6.07, 6.45) is 0.108. The Morgan fingerprint density at radius 2 is 2.00 bits per heavy atom. The first kappa shape index (κ1) is 22.8. The molecule has 3 rings (SSSR count). The average Bonchev–Trinajstić information content (AvgIpc) is 3.11. The van der Waals surface area contributed by atoms with Crippen LogP contribution in [0.3, 0.4) is 0 Å². The van der Waals surface area contributed by atoms with Gasteiger partial charge >= 0.3 is 0 Å². The molecule has 2 aromatic carbocycles. The molecule has 1 heterocycles. The molecule has 1 aliphatic heterocycles. The van der Waals surface area contributed by atoms with Gasteiger partial charge in [0.15, 0.2) is 0 Å². The van der Waals surface area contributed by atoms with Gasteiger partial charge in [0.2, 0.25) is 17.7 Å². The van der Waals surface area contributed by atoms with E-state index in [9.17, 15) is 14.4 Å². The number of aryl methyl sites for hydroxylation is 1. The van der Waals surface area contributed by atoms with Gasteiger partial charge in [-0.1, -0.05) is 28.1 Å². The summed E-state index contributed by atoms with van der Waals surface area (Å²) >= 11 is 3.39. The molecule has 0 aliphatic carbocycles. The summed E-state index contributed by atoms with van der Waals surface area (Å²) in [5, 5.41) is 2.83. The summed E-state index contributed by atoms with van der Waals surface area (Å²) in [5.74, 6) is -0.538. The molecular formula is C23H26BrN3O4. The maximum Gasteiger partial charge on any atom is 0.243 e. The molecule has 0 saturated carbocycles. The molecule has 0 spiro atoms. The maximum atomic E-state index is 12.9. The maximum absolute atomic E-state index is 12.9. The van der Waals surface area contributed by atoms with E-state index in [2.05, 4.69) is 21.2 Å². The first-order chi connectivity index (χ1) is 14.8. The van der Waals surface area contributed by atoms with E-state index in [0.717, 1.165) is 10.0 Å². The smallest absolute Gasteiger partial charge is 0.243 e. The monoisotopic (exact) mass is 487 g/mol. The van der Waals surface area contributed by atoms with E-state index in [0.29, 0.717) is 23.7 Å². The van der Waals surface area contributed by atoms with Crippen molar-refractivity contribution in [1.82, 2.24) is 4.90 Å². The van der Waals surface area contributed by atoms with Crippen molar-refractivity contribution in [3.63, 3.8) is 0 Å². The zero-order valence-corrected chi connectivity index (χ0v) is 19.4. The van der Waals surface area contributed by atoms with Crippen LogP contribution in [0, 0.1) is 12.8 Å². The van der Waals surface area contributed by atoms with E-state index >= 15 is 0 Å². The molecular weight excluding hydrogens is 462 g/mol. The van der Waals surface area contributed by atoms with Crippen molar-refractivity contribution in [2.45, 2.75) is 20.3 Å². The molecule has 1 aliphatic rings. The van der Waals surface area contributed by atoms with Crippen molar-refractivity contribution < 1.29 is 19.1 Å². The predicted octanol–water partition coefficient (Wildman–Crippen LogP) is 3.61. The molecule has 3 amide bonds. The van der Waals surface area contributed by atoms with Crippen LogP contribution in [-0.4, -0.2) is 49.4 Å². The van der Waals surface area contributed by atoms with E-state index in [1.165, 1.54) is 4.90 Å². The van der Waals surface area contributed by atoms with Crippen LogP contribution < -0.4 is 15.0 Å². The number of hydrogen-bond donors (Lipinski definition) is 1. The van der Waals surface area contributed by atoms with Crippen LogP contribution >= 0.6 is 15.9 Å². The molecule has 1 atom stereocenters. The SMILES string of the molecule is CCOc1ccccc1N1CC(C(=O)N(C)CC(=O)Nc2ccc(Br)cc2C)CC1=O. The summed E-state index contributed by atoms with van der Waals surface area (Å²) in [7, 11) is 1.58. The van der Waals surface area contributed by atoms with Gasteiger partial charge in [-0.05, 0) is 49.7 Å². The predicted molar refractivity (Wildman–Crippen MR) is 123 cm³/mol. The molecule has 31 heavy (non-hydrogen) atoms. The second-order valence-corrected chi connectivity index (χ2v) is 8.42. The number of nitrogens with one attached hydrogen (secondary N) is 1. The van der Waals surface area contributed by atoms with Crippen LogP contribution in [0.25, 0.3) is 0 Å². The highest BCUT2D eigenvalue weighted by Gasteiger charge is 2.37. The van der Waals surface area contributed by atoms with Crippen molar-refractivity contribution in [3.8, 4) is 5.75 Å². The minimum absolute atomic E-state index is 0.0887. The van der Waals surface area contributed by atoms with Crippen LogP contribution in [-0.2, 0) is 14.4 Å². The van der Waals surface area contributed by atoms with E-state index in [-0.39, 0.29) is 37.2 Å². The van der Waals surface area contributed by atoms with Crippen LogP contribution in [0.5, 0.6) is 5.75 Å². The second kappa shape index (κ2) is 9.96. The zero-order valence-electron chi connectivity index (χ0n) is 17.9. The minimum atomic E-state index is -0.505. The van der Waals surface area contributed by atoms with E-state index < -0.39 is 5.92 Å². The van der Waals surface area contributed by atoms with Crippen molar-refractivity contribution in [3.05, 3.63) is 52.5 Å². The fraction of sp³-hybridized carbons (Fsp3) is 0.348. The second-order valence-electron chi connectivity index (χ2n) is 7.51. The summed E-state index contributed by atoms with van der Waals surface area (Å²) in [6, 6.07) is 12.9. The molecule has 7 nitrogen and oxygen atoms in total. The van der Waals surface area contributed by atoms with E-state index in [4.69, 9.17) is 4.74 Å². The molecule has 0 aromatic heterocycles. The van der Waals surface area contributed by atoms with Gasteiger partial charge in [0.1, 0.15) is 5.75 Å². The van der Waals surface area contributed by atoms with Gasteiger partial charge in [0, 0.05) is 30.2 Å². The van der Waals surface area contributed by atoms with Crippen molar-refractivity contribution in [2.75, 3.05) is 37.0 Å².